The molecule has 0 bridgehead atoms. The zero-order chi connectivity index (χ0) is 10.6. The molecule has 0 aliphatic rings. The first-order valence-electron chi connectivity index (χ1n) is 3.88. The van der Waals surface area contributed by atoms with Gasteiger partial charge in [-0.25, -0.2) is 4.79 Å². The number of methoxy groups -OCH3 is 1. The molecule has 0 atom stereocenters. The van der Waals surface area contributed by atoms with Crippen LogP contribution in [0.5, 0.6) is 0 Å². The normalized spacial score (nSPS) is 8.86. The molecule has 0 spiro atoms. The quantitative estimate of drug-likeness (QED) is 0.301. The molecule has 0 fully saturated rings. The number of carbonyl (C=O) groups is 2. The predicted molar refractivity (Wildman–Crippen MR) is 50.7 cm³/mol. The molecule has 0 amide bonds. The number of ketones is 1. The Hall–Kier alpha value is -2.08. The molecule has 70 valence electrons. The summed E-state index contributed by atoms with van der Waals surface area (Å²) in [7, 11) is 1.16. The van der Waals surface area contributed by atoms with Crippen molar-refractivity contribution in [2.45, 2.75) is 0 Å². The van der Waals surface area contributed by atoms with Gasteiger partial charge in [-0.3, -0.25) is 4.79 Å². The molecule has 1 rings (SSSR count). The van der Waals surface area contributed by atoms with Gasteiger partial charge >= 0.3 is 5.97 Å². The van der Waals surface area contributed by atoms with E-state index in [2.05, 4.69) is 10.7 Å². The second-order valence-corrected chi connectivity index (χ2v) is 2.54. The molecule has 0 aliphatic heterocycles. The molecular formula is C11H8O3. The Balaban J connectivity index is 2.94. The Bertz CT molecular complexity index is 396. The molecule has 3 nitrogen and oxygen atoms in total. The fourth-order valence-corrected chi connectivity index (χ4v) is 0.928. The molecule has 1 aromatic rings. The van der Waals surface area contributed by atoms with Crippen LogP contribution in [0.1, 0.15) is 15.9 Å². The van der Waals surface area contributed by atoms with Crippen molar-refractivity contribution in [2.24, 2.45) is 0 Å². The summed E-state index contributed by atoms with van der Waals surface area (Å²) in [5.74, 6) is 0.862. The second-order valence-electron chi connectivity index (χ2n) is 2.54. The van der Waals surface area contributed by atoms with E-state index in [-0.39, 0.29) is 5.56 Å². The molecule has 0 radical (unpaired) electrons. The Morgan fingerprint density at radius 3 is 2.29 bits per heavy atom. The first kappa shape index (κ1) is 10.0. The molecule has 0 aliphatic carbocycles. The van der Waals surface area contributed by atoms with Crippen molar-refractivity contribution in [1.82, 2.24) is 0 Å². The van der Waals surface area contributed by atoms with Gasteiger partial charge in [-0.15, -0.1) is 6.42 Å². The summed E-state index contributed by atoms with van der Waals surface area (Å²) in [6.45, 7) is 0. The van der Waals surface area contributed by atoms with E-state index in [1.54, 1.807) is 12.1 Å². The van der Waals surface area contributed by atoms with E-state index >= 15 is 0 Å². The van der Waals surface area contributed by atoms with Gasteiger partial charge in [0.15, 0.2) is 0 Å². The van der Waals surface area contributed by atoms with Crippen molar-refractivity contribution in [3.63, 3.8) is 0 Å². The summed E-state index contributed by atoms with van der Waals surface area (Å²) in [6, 6.07) is 6.18. The number of benzene rings is 1. The van der Waals surface area contributed by atoms with E-state index in [0.717, 1.165) is 7.11 Å². The van der Waals surface area contributed by atoms with E-state index in [0.29, 0.717) is 5.56 Å². The van der Waals surface area contributed by atoms with Gasteiger partial charge in [0, 0.05) is 11.1 Å². The van der Waals surface area contributed by atoms with Crippen molar-refractivity contribution in [1.29, 1.82) is 0 Å². The Kier molecular flexibility index (Phi) is 3.03. The average molecular weight is 188 g/mol. The number of hydrogen-bond acceptors (Lipinski definition) is 3. The van der Waals surface area contributed by atoms with Crippen LogP contribution in [0.4, 0.5) is 0 Å². The minimum Gasteiger partial charge on any atom is -0.463 e. The highest BCUT2D eigenvalue weighted by Crippen LogP contribution is 2.04. The van der Waals surface area contributed by atoms with Gasteiger partial charge in [0.2, 0.25) is 0 Å². The van der Waals surface area contributed by atoms with Gasteiger partial charge < -0.3 is 4.74 Å². The SMILES string of the molecule is C#Cc1ccc(C(=O)C(=O)OC)cc1. The Labute approximate surface area is 81.7 Å². The zero-order valence-electron chi connectivity index (χ0n) is 7.61. The lowest BCUT2D eigenvalue weighted by atomic mass is 10.1. The highest BCUT2D eigenvalue weighted by molar-refractivity contribution is 6.40. The lowest BCUT2D eigenvalue weighted by molar-refractivity contribution is -0.135. The lowest BCUT2D eigenvalue weighted by Gasteiger charge is -1.98. The molecular weight excluding hydrogens is 180 g/mol. The summed E-state index contributed by atoms with van der Waals surface area (Å²) in [5, 5.41) is 0. The second kappa shape index (κ2) is 4.24. The van der Waals surface area contributed by atoms with Crippen LogP contribution < -0.4 is 0 Å². The average Bonchev–Trinajstić information content (AvgIpc) is 2.27. The van der Waals surface area contributed by atoms with Crippen molar-refractivity contribution in [3.8, 4) is 12.3 Å². The Morgan fingerprint density at radius 1 is 1.29 bits per heavy atom. The van der Waals surface area contributed by atoms with Crippen molar-refractivity contribution in [2.75, 3.05) is 7.11 Å². The molecule has 14 heavy (non-hydrogen) atoms. The molecule has 3 heteroatoms. The van der Waals surface area contributed by atoms with Gasteiger partial charge in [-0.1, -0.05) is 5.92 Å². The van der Waals surface area contributed by atoms with Crippen LogP contribution >= 0.6 is 0 Å². The largest absolute Gasteiger partial charge is 0.463 e. The molecule has 0 saturated carbocycles. The number of terminal acetylenes is 1. The Morgan fingerprint density at radius 2 is 1.86 bits per heavy atom. The number of esters is 1. The monoisotopic (exact) mass is 188 g/mol. The van der Waals surface area contributed by atoms with Gasteiger partial charge in [0.25, 0.3) is 5.78 Å². The molecule has 1 aromatic carbocycles. The summed E-state index contributed by atoms with van der Waals surface area (Å²) in [5.41, 5.74) is 0.933. The van der Waals surface area contributed by atoms with Gasteiger partial charge in [-0.05, 0) is 24.3 Å². The number of rotatable bonds is 2. The summed E-state index contributed by atoms with van der Waals surface area (Å²) in [4.78, 5) is 22.1. The smallest absolute Gasteiger partial charge is 0.379 e. The fraction of sp³-hybridized carbons (Fsp3) is 0.0909. The first-order valence-corrected chi connectivity index (χ1v) is 3.88. The predicted octanol–water partition coefficient (Wildman–Crippen LogP) is 1.02. The summed E-state index contributed by atoms with van der Waals surface area (Å²) >= 11 is 0. The van der Waals surface area contributed by atoms with Crippen molar-refractivity contribution >= 4 is 11.8 Å². The summed E-state index contributed by atoms with van der Waals surface area (Å²) < 4.78 is 4.29. The molecule has 0 aromatic heterocycles. The van der Waals surface area contributed by atoms with Crippen LogP contribution in [0.3, 0.4) is 0 Å². The molecule has 0 saturated heterocycles. The van der Waals surface area contributed by atoms with Crippen molar-refractivity contribution < 1.29 is 14.3 Å². The third-order valence-electron chi connectivity index (χ3n) is 1.68. The van der Waals surface area contributed by atoms with Crippen LogP contribution in [-0.2, 0) is 9.53 Å². The zero-order valence-corrected chi connectivity index (χ0v) is 7.61. The fourth-order valence-electron chi connectivity index (χ4n) is 0.928. The number of hydrogen-bond donors (Lipinski definition) is 0. The highest BCUT2D eigenvalue weighted by atomic mass is 16.5. The third-order valence-corrected chi connectivity index (χ3v) is 1.68. The maximum absolute atomic E-state index is 11.2. The lowest BCUT2D eigenvalue weighted by Crippen LogP contribution is -2.15. The van der Waals surface area contributed by atoms with E-state index in [4.69, 9.17) is 6.42 Å². The maximum Gasteiger partial charge on any atom is 0.379 e. The van der Waals surface area contributed by atoms with Gasteiger partial charge in [-0.2, -0.15) is 0 Å². The van der Waals surface area contributed by atoms with Crippen LogP contribution in [-0.4, -0.2) is 18.9 Å². The third kappa shape index (κ3) is 1.99. The first-order chi connectivity index (χ1) is 6.69. The molecule has 0 N–H and O–H groups in total. The number of ether oxygens (including phenoxy) is 1. The van der Waals surface area contributed by atoms with Gasteiger partial charge in [0.1, 0.15) is 0 Å². The summed E-state index contributed by atoms with van der Waals surface area (Å²) in [6.07, 6.45) is 5.14. The van der Waals surface area contributed by atoms with Crippen LogP contribution in [0.2, 0.25) is 0 Å². The van der Waals surface area contributed by atoms with Crippen molar-refractivity contribution in [3.05, 3.63) is 35.4 Å². The van der Waals surface area contributed by atoms with Crippen LogP contribution in [0, 0.1) is 12.3 Å². The van der Waals surface area contributed by atoms with E-state index in [1.807, 2.05) is 0 Å². The number of Topliss-reactive ketones (excluding diaryl/α,β-unsaturated/α-hetero) is 1. The molecule has 0 heterocycles. The molecule has 0 unspecified atom stereocenters. The maximum atomic E-state index is 11.2. The van der Waals surface area contributed by atoms with Gasteiger partial charge in [0.05, 0.1) is 7.11 Å². The van der Waals surface area contributed by atoms with E-state index < -0.39 is 11.8 Å². The van der Waals surface area contributed by atoms with Crippen LogP contribution in [0.15, 0.2) is 24.3 Å². The number of carbonyl (C=O) groups excluding carboxylic acids is 2. The van der Waals surface area contributed by atoms with Crippen LogP contribution in [0.25, 0.3) is 0 Å². The minimum atomic E-state index is -0.876. The standard InChI is InChI=1S/C11H8O3/c1-3-8-4-6-9(7-5-8)10(12)11(13)14-2/h1,4-7H,2H3. The minimum absolute atomic E-state index is 0.274. The van der Waals surface area contributed by atoms with E-state index in [1.165, 1.54) is 12.1 Å². The topological polar surface area (TPSA) is 43.4 Å². The highest BCUT2D eigenvalue weighted by Gasteiger charge is 2.15. The van der Waals surface area contributed by atoms with E-state index in [9.17, 15) is 9.59 Å².